The quantitative estimate of drug-likeness (QED) is 0.131. The van der Waals surface area contributed by atoms with Crippen LogP contribution in [0.25, 0.3) is 0 Å². The molecule has 12 rings (SSSR count). The number of benzene rings is 12. The first kappa shape index (κ1) is 79.7. The first-order valence-electron chi connectivity index (χ1n) is 32.9. The number of rotatable bonds is 17. The molecule has 9 heteroatoms. The molecule has 12 aromatic rings. The topological polar surface area (TPSA) is 27.7 Å². The van der Waals surface area contributed by atoms with Crippen LogP contribution in [0.4, 0.5) is 0 Å². The van der Waals surface area contributed by atoms with E-state index < -0.39 is 0 Å². The molecule has 0 saturated heterocycles. The van der Waals surface area contributed by atoms with Crippen molar-refractivity contribution >= 4 is 0 Å². The molecule has 0 fully saturated rings. The summed E-state index contributed by atoms with van der Waals surface area (Å²) in [6.07, 6.45) is 2.26. The average molecular weight is 1970 g/mol. The minimum absolute atomic E-state index is 0.00313. The Labute approximate surface area is 650 Å². The third-order valence-corrected chi connectivity index (χ3v) is 30.8. The molecular weight excluding hydrogens is 1880 g/mol. The fourth-order valence-corrected chi connectivity index (χ4v) is 22.0. The molecule has 0 N–H and O–H groups in total. The number of halogens is 6. The van der Waals surface area contributed by atoms with Crippen LogP contribution in [0.15, 0.2) is 309 Å². The van der Waals surface area contributed by atoms with E-state index in [9.17, 15) is 0 Å². The fourth-order valence-electron chi connectivity index (χ4n) is 8.87. The summed E-state index contributed by atoms with van der Waals surface area (Å²) < 4.78 is 33.0. The number of hydrogen-bond acceptors (Lipinski definition) is 3. The van der Waals surface area contributed by atoms with Gasteiger partial charge in [0, 0.05) is 0 Å². The molecule has 0 spiro atoms. The molecular formula is C89H94I6O3-6. The van der Waals surface area contributed by atoms with E-state index in [1.165, 1.54) is 76.2 Å². The molecule has 12 aromatic carbocycles. The summed E-state index contributed by atoms with van der Waals surface area (Å²) in [5, 5.41) is 0. The van der Waals surface area contributed by atoms with Crippen LogP contribution >= 0.6 is 0 Å². The molecule has 3 nitrogen and oxygen atoms in total. The second-order valence-corrected chi connectivity index (χ2v) is 42.7. The number of hydrogen-bond donors (Lipinski definition) is 0. The van der Waals surface area contributed by atoms with Crippen molar-refractivity contribution in [2.24, 2.45) is 0 Å². The second-order valence-electron chi connectivity index (χ2n) is 24.5. The Morgan fingerprint density at radius 2 is 0.398 bits per heavy atom. The molecule has 0 unspecified atom stereocenters. The van der Waals surface area contributed by atoms with Crippen LogP contribution in [0.5, 0.6) is 17.2 Å². The van der Waals surface area contributed by atoms with Gasteiger partial charge in [-0.05, 0) is 0 Å². The summed E-state index contributed by atoms with van der Waals surface area (Å²) in [6.45, 7) is 22.3. The van der Waals surface area contributed by atoms with E-state index in [4.69, 9.17) is 14.2 Å². The van der Waals surface area contributed by atoms with Crippen LogP contribution in [-0.4, -0.2) is 21.3 Å². The van der Waals surface area contributed by atoms with Gasteiger partial charge >= 0.3 is 659 Å². The fraction of sp³-hybridized carbons (Fsp3) is 0.191. The van der Waals surface area contributed by atoms with Gasteiger partial charge in [0.25, 0.3) is 0 Å². The number of aryl methyl sites for hydroxylation is 4. The molecule has 516 valence electrons. The van der Waals surface area contributed by atoms with E-state index in [2.05, 4.69) is 342 Å². The zero-order valence-electron chi connectivity index (χ0n) is 58.9. The molecule has 0 aliphatic rings. The molecule has 0 aromatic heterocycles. The van der Waals surface area contributed by atoms with E-state index in [-0.39, 0.29) is 138 Å². The Morgan fingerprint density at radius 1 is 0.224 bits per heavy atom. The zero-order valence-corrected chi connectivity index (χ0v) is 71.8. The van der Waals surface area contributed by atoms with Crippen LogP contribution in [0.3, 0.4) is 0 Å². The van der Waals surface area contributed by atoms with E-state index in [1.54, 1.807) is 21.3 Å². The summed E-state index contributed by atoms with van der Waals surface area (Å²) in [7, 11) is 5.07. The van der Waals surface area contributed by atoms with Gasteiger partial charge in [-0.3, -0.25) is 0 Å². The predicted octanol–water partition coefficient (Wildman–Crippen LogP) is 3.25. The minimum atomic E-state index is -0.119. The van der Waals surface area contributed by atoms with Gasteiger partial charge in [0.05, 0.1) is 0 Å². The second kappa shape index (κ2) is 43.3. The maximum absolute atomic E-state index is 5.15. The molecule has 0 aliphatic carbocycles. The molecule has 0 bridgehead atoms. The Balaban J connectivity index is 0.000000166. The summed E-state index contributed by atoms with van der Waals surface area (Å²) in [5.41, 5.74) is 8.85. The van der Waals surface area contributed by atoms with Gasteiger partial charge in [-0.2, -0.15) is 0 Å². The van der Waals surface area contributed by atoms with Crippen molar-refractivity contribution in [3.63, 3.8) is 0 Å². The normalized spacial score (nSPS) is 10.9. The first-order valence-corrected chi connectivity index (χ1v) is 45.8. The summed E-state index contributed by atoms with van der Waals surface area (Å²) >= 11 is -0.209. The Morgan fingerprint density at radius 3 is 0.582 bits per heavy atom. The monoisotopic (exact) mass is 1970 g/mol. The van der Waals surface area contributed by atoms with Gasteiger partial charge in [0.1, 0.15) is 0 Å². The van der Waals surface area contributed by atoms with E-state index in [0.717, 1.165) is 30.1 Å². The standard InChI is InChI=1S/C20H26I.C16H18I.C14H14IO2.C14H14I.C13H12IO.C12H10I/c1-19(2,3)15-7-11-17(12-8-15)21-18-13-9-16(10-14-18)20(4,5)6;1-3-13-5-9-15(10-6-13)17-16-11-7-14(4-2)8-12-16;1-16-13-7-3-11(4-8-13)15-12-5-9-14(17-2)10-6-12;1-11-3-7-13(8-4-11)15-14-9-5-12(2)6-10-14;1-15-13-9-7-12(8-10-13)14-11-5-3-2-4-6-11;1-3-7-11(8-4-1)13-12-9-5-2-6-10-12/h7-14H,1-6H3;5-12H,3-4H2,1-2H3;3-10H,1-2H3;3-10H,1-2H3;2-10H,1H3;1-10H/q6*-1. The van der Waals surface area contributed by atoms with Gasteiger partial charge in [-0.25, -0.2) is 0 Å². The molecule has 0 radical (unpaired) electrons. The van der Waals surface area contributed by atoms with Crippen molar-refractivity contribution in [2.45, 2.75) is 92.9 Å². The summed E-state index contributed by atoms with van der Waals surface area (Å²) in [5.74, 6) is 2.75. The molecule has 0 aliphatic heterocycles. The molecule has 98 heavy (non-hydrogen) atoms. The predicted molar refractivity (Wildman–Crippen MR) is 387 cm³/mol. The van der Waals surface area contributed by atoms with Crippen LogP contribution in [-0.2, 0) is 23.7 Å². The summed E-state index contributed by atoms with van der Waals surface area (Å²) in [6, 6.07) is 111. The van der Waals surface area contributed by atoms with Gasteiger partial charge in [-0.1, -0.05) is 0 Å². The molecule has 0 heterocycles. The van der Waals surface area contributed by atoms with Gasteiger partial charge in [0.2, 0.25) is 0 Å². The van der Waals surface area contributed by atoms with Crippen molar-refractivity contribution < 1.29 is 141 Å². The SMILES string of the molecule is CC(C)(C)c1ccc([I-]c2ccc(C(C)(C)C)cc2)cc1.CCc1ccc([I-]c2ccc(CC)cc2)cc1.COc1ccc([I-]c2ccc(OC)cc2)cc1.COc1ccc([I-]c2ccccc2)cc1.Cc1ccc([I-]c2ccc(C)cc2)cc1.c1ccc([I-]c2ccccc2)cc1. The van der Waals surface area contributed by atoms with Crippen LogP contribution in [0.1, 0.15) is 88.8 Å². The van der Waals surface area contributed by atoms with Gasteiger partial charge in [-0.15, -0.1) is 0 Å². The van der Waals surface area contributed by atoms with E-state index >= 15 is 0 Å². The number of methoxy groups -OCH3 is 3. The van der Waals surface area contributed by atoms with Gasteiger partial charge < -0.3 is 0 Å². The third-order valence-electron chi connectivity index (χ3n) is 14.7. The zero-order chi connectivity index (χ0) is 70.0. The molecule has 0 atom stereocenters. The van der Waals surface area contributed by atoms with Crippen molar-refractivity contribution in [1.29, 1.82) is 0 Å². The summed E-state index contributed by atoms with van der Waals surface area (Å²) in [4.78, 5) is 0. The molecule has 0 amide bonds. The first-order chi connectivity index (χ1) is 47.4. The third kappa shape index (κ3) is 30.3. The van der Waals surface area contributed by atoms with Crippen LogP contribution in [0.2, 0.25) is 0 Å². The van der Waals surface area contributed by atoms with E-state index in [1.807, 2.05) is 36.4 Å². The van der Waals surface area contributed by atoms with E-state index in [0.29, 0.717) is 0 Å². The molecule has 0 saturated carbocycles. The number of ether oxygens (including phenoxy) is 3. The Hall–Kier alpha value is -5.58. The van der Waals surface area contributed by atoms with Gasteiger partial charge in [0.15, 0.2) is 0 Å². The van der Waals surface area contributed by atoms with Crippen LogP contribution in [0, 0.1) is 56.7 Å². The van der Waals surface area contributed by atoms with Crippen molar-refractivity contribution in [3.8, 4) is 17.2 Å². The Kier molecular flexibility index (Phi) is 35.2. The maximum atomic E-state index is 5.15. The van der Waals surface area contributed by atoms with Crippen molar-refractivity contribution in [1.82, 2.24) is 0 Å². The van der Waals surface area contributed by atoms with Crippen molar-refractivity contribution in [3.05, 3.63) is 386 Å². The average Bonchev–Trinajstić information content (AvgIpc) is 0.917. The van der Waals surface area contributed by atoms with Crippen LogP contribution < -0.4 is 141 Å². The Bertz CT molecular complexity index is 3780. The van der Waals surface area contributed by atoms with Crippen molar-refractivity contribution in [2.75, 3.05) is 21.3 Å².